The zero-order valence-electron chi connectivity index (χ0n) is 8.03. The highest BCUT2D eigenvalue weighted by atomic mass is 16.5. The number of hydrogen-bond acceptors (Lipinski definition) is 3. The Balaban J connectivity index is 2.43. The molecule has 1 unspecified atom stereocenters. The first-order chi connectivity index (χ1) is 6.74. The molecule has 0 fully saturated rings. The number of nitrogens with zero attached hydrogens (tertiary/aromatic N) is 1. The molecule has 0 aliphatic heterocycles. The molecule has 0 heterocycles. The van der Waals surface area contributed by atoms with Crippen LogP contribution in [0.3, 0.4) is 0 Å². The van der Waals surface area contributed by atoms with E-state index in [4.69, 9.17) is 15.4 Å². The number of nitrogens with one attached hydrogen (secondary N) is 1. The van der Waals surface area contributed by atoms with Gasteiger partial charge in [-0.3, -0.25) is 5.41 Å². The van der Waals surface area contributed by atoms with E-state index in [1.807, 2.05) is 36.4 Å². The Bertz CT molecular complexity index is 340. The highest BCUT2D eigenvalue weighted by Gasteiger charge is 2.08. The fourth-order valence-electron chi connectivity index (χ4n) is 0.919. The molecule has 0 aromatic heterocycles. The molecule has 1 rings (SSSR count). The average Bonchev–Trinajstić information content (AvgIpc) is 2.26. The topological polar surface area (TPSA) is 56.9 Å². The molecule has 0 bridgehead atoms. The first-order valence-electron chi connectivity index (χ1n) is 4.39. The predicted octanol–water partition coefficient (Wildman–Crippen LogP) is 2.34. The second kappa shape index (κ2) is 5.03. The van der Waals surface area contributed by atoms with Crippen molar-refractivity contribution in [2.45, 2.75) is 13.5 Å². The summed E-state index contributed by atoms with van der Waals surface area (Å²) in [4.78, 5) is 0. The van der Waals surface area contributed by atoms with E-state index in [2.05, 4.69) is 0 Å². The fraction of sp³-hybridized carbons (Fsp3) is 0.273. The Morgan fingerprint density at radius 3 is 2.71 bits per heavy atom. The van der Waals surface area contributed by atoms with Crippen molar-refractivity contribution >= 4 is 5.90 Å². The molecular formula is C11H12N2O. The van der Waals surface area contributed by atoms with E-state index in [1.165, 1.54) is 0 Å². The van der Waals surface area contributed by atoms with Crippen LogP contribution >= 0.6 is 0 Å². The smallest absolute Gasteiger partial charge is 0.198 e. The van der Waals surface area contributed by atoms with Crippen molar-refractivity contribution in [3.05, 3.63) is 35.9 Å². The molecule has 0 saturated heterocycles. The summed E-state index contributed by atoms with van der Waals surface area (Å²) < 4.78 is 5.14. The van der Waals surface area contributed by atoms with Crippen LogP contribution in [0, 0.1) is 22.7 Å². The van der Waals surface area contributed by atoms with Gasteiger partial charge in [0.25, 0.3) is 0 Å². The van der Waals surface area contributed by atoms with E-state index in [0.717, 1.165) is 5.56 Å². The molecular weight excluding hydrogens is 176 g/mol. The Morgan fingerprint density at radius 2 is 2.14 bits per heavy atom. The van der Waals surface area contributed by atoms with Gasteiger partial charge in [0.2, 0.25) is 0 Å². The molecule has 14 heavy (non-hydrogen) atoms. The average molecular weight is 188 g/mol. The van der Waals surface area contributed by atoms with Crippen molar-refractivity contribution in [1.29, 1.82) is 10.7 Å². The number of benzene rings is 1. The van der Waals surface area contributed by atoms with Crippen molar-refractivity contribution in [3.63, 3.8) is 0 Å². The summed E-state index contributed by atoms with van der Waals surface area (Å²) >= 11 is 0. The Hall–Kier alpha value is -1.82. The third-order valence-electron chi connectivity index (χ3n) is 1.82. The van der Waals surface area contributed by atoms with Gasteiger partial charge in [-0.05, 0) is 12.5 Å². The van der Waals surface area contributed by atoms with Crippen LogP contribution in [0.4, 0.5) is 0 Å². The van der Waals surface area contributed by atoms with Gasteiger partial charge in [-0.2, -0.15) is 5.26 Å². The van der Waals surface area contributed by atoms with Gasteiger partial charge in [0.15, 0.2) is 5.90 Å². The third kappa shape index (κ3) is 2.91. The molecule has 3 nitrogen and oxygen atoms in total. The van der Waals surface area contributed by atoms with E-state index >= 15 is 0 Å². The number of nitriles is 1. The second-order valence-corrected chi connectivity index (χ2v) is 2.99. The number of rotatable bonds is 3. The van der Waals surface area contributed by atoms with Crippen molar-refractivity contribution in [1.82, 2.24) is 0 Å². The van der Waals surface area contributed by atoms with Gasteiger partial charge in [-0.15, -0.1) is 0 Å². The summed E-state index contributed by atoms with van der Waals surface area (Å²) in [7, 11) is 0. The normalized spacial score (nSPS) is 11.4. The van der Waals surface area contributed by atoms with E-state index in [1.54, 1.807) is 6.92 Å². The van der Waals surface area contributed by atoms with Gasteiger partial charge in [-0.1, -0.05) is 30.3 Å². The minimum absolute atomic E-state index is 0.0244. The third-order valence-corrected chi connectivity index (χ3v) is 1.82. The second-order valence-electron chi connectivity index (χ2n) is 2.99. The molecule has 3 heteroatoms. The van der Waals surface area contributed by atoms with E-state index in [0.29, 0.717) is 6.61 Å². The van der Waals surface area contributed by atoms with Crippen LogP contribution in [-0.2, 0) is 11.3 Å². The SMILES string of the molecule is CC(C#N)C(=N)OCc1ccccc1. The molecule has 0 saturated carbocycles. The number of hydrogen-bond donors (Lipinski definition) is 1. The largest absolute Gasteiger partial charge is 0.475 e. The molecule has 0 amide bonds. The maximum atomic E-state index is 8.53. The lowest BCUT2D eigenvalue weighted by Gasteiger charge is -2.07. The van der Waals surface area contributed by atoms with Crippen LogP contribution in [0.15, 0.2) is 30.3 Å². The summed E-state index contributed by atoms with van der Waals surface area (Å²) in [6.45, 7) is 2.00. The first-order valence-corrected chi connectivity index (χ1v) is 4.39. The van der Waals surface area contributed by atoms with Crippen LogP contribution in [-0.4, -0.2) is 5.90 Å². The van der Waals surface area contributed by atoms with Crippen LogP contribution in [0.2, 0.25) is 0 Å². The minimum Gasteiger partial charge on any atom is -0.475 e. The zero-order valence-corrected chi connectivity index (χ0v) is 8.03. The van der Waals surface area contributed by atoms with Gasteiger partial charge in [0, 0.05) is 0 Å². The zero-order chi connectivity index (χ0) is 10.4. The van der Waals surface area contributed by atoms with Crippen molar-refractivity contribution < 1.29 is 4.74 Å². The predicted molar refractivity (Wildman–Crippen MR) is 53.7 cm³/mol. The Morgan fingerprint density at radius 1 is 1.50 bits per heavy atom. The lowest BCUT2D eigenvalue weighted by molar-refractivity contribution is 0.275. The molecule has 72 valence electrons. The fourth-order valence-corrected chi connectivity index (χ4v) is 0.919. The maximum absolute atomic E-state index is 8.53. The van der Waals surface area contributed by atoms with Crippen LogP contribution < -0.4 is 0 Å². The van der Waals surface area contributed by atoms with Crippen molar-refractivity contribution in [2.75, 3.05) is 0 Å². The molecule has 1 aromatic carbocycles. The van der Waals surface area contributed by atoms with Crippen LogP contribution in [0.25, 0.3) is 0 Å². The Kier molecular flexibility index (Phi) is 3.69. The Labute approximate surface area is 83.4 Å². The lowest BCUT2D eigenvalue weighted by Crippen LogP contribution is -2.11. The lowest BCUT2D eigenvalue weighted by atomic mass is 10.2. The maximum Gasteiger partial charge on any atom is 0.198 e. The number of ether oxygens (including phenoxy) is 1. The molecule has 0 aliphatic rings. The van der Waals surface area contributed by atoms with E-state index < -0.39 is 5.92 Å². The minimum atomic E-state index is -0.473. The van der Waals surface area contributed by atoms with Gasteiger partial charge >= 0.3 is 0 Å². The van der Waals surface area contributed by atoms with Crippen LogP contribution in [0.5, 0.6) is 0 Å². The first kappa shape index (κ1) is 10.3. The van der Waals surface area contributed by atoms with Crippen molar-refractivity contribution in [2.24, 2.45) is 5.92 Å². The molecule has 0 aliphatic carbocycles. The standard InChI is InChI=1S/C11H12N2O/c1-9(7-12)11(13)14-8-10-5-3-2-4-6-10/h2-6,9,13H,8H2,1H3. The van der Waals surface area contributed by atoms with Gasteiger partial charge in [-0.25, -0.2) is 0 Å². The summed E-state index contributed by atoms with van der Waals surface area (Å²) in [6, 6.07) is 11.5. The summed E-state index contributed by atoms with van der Waals surface area (Å²) in [5, 5.41) is 15.9. The molecule has 1 atom stereocenters. The van der Waals surface area contributed by atoms with Gasteiger partial charge in [0.1, 0.15) is 12.5 Å². The van der Waals surface area contributed by atoms with Crippen LogP contribution in [0.1, 0.15) is 12.5 Å². The monoisotopic (exact) mass is 188 g/mol. The van der Waals surface area contributed by atoms with Crippen molar-refractivity contribution in [3.8, 4) is 6.07 Å². The van der Waals surface area contributed by atoms with E-state index in [9.17, 15) is 0 Å². The molecule has 1 aromatic rings. The summed E-state index contributed by atoms with van der Waals surface area (Å²) in [5.74, 6) is -0.449. The highest BCUT2D eigenvalue weighted by molar-refractivity contribution is 5.77. The van der Waals surface area contributed by atoms with Gasteiger partial charge < -0.3 is 4.74 Å². The van der Waals surface area contributed by atoms with Gasteiger partial charge in [0.05, 0.1) is 6.07 Å². The highest BCUT2D eigenvalue weighted by Crippen LogP contribution is 2.04. The van der Waals surface area contributed by atoms with E-state index in [-0.39, 0.29) is 5.90 Å². The summed E-state index contributed by atoms with van der Waals surface area (Å²) in [6.07, 6.45) is 0. The quantitative estimate of drug-likeness (QED) is 0.584. The summed E-state index contributed by atoms with van der Waals surface area (Å²) in [5.41, 5.74) is 1.00. The molecule has 1 N–H and O–H groups in total. The molecule has 0 radical (unpaired) electrons. The molecule has 0 spiro atoms.